The van der Waals surface area contributed by atoms with Crippen molar-refractivity contribution in [1.82, 2.24) is 5.32 Å². The lowest BCUT2D eigenvalue weighted by atomic mass is 9.85. The van der Waals surface area contributed by atoms with Crippen LogP contribution in [0.3, 0.4) is 0 Å². The number of hydrogen-bond donors (Lipinski definition) is 1. The third kappa shape index (κ3) is 4.01. The van der Waals surface area contributed by atoms with Crippen LogP contribution in [-0.2, 0) is 19.8 Å². The predicted octanol–water partition coefficient (Wildman–Crippen LogP) is 4.50. The maximum Gasteiger partial charge on any atom is 0.413 e. The van der Waals surface area contributed by atoms with Crippen LogP contribution in [0.1, 0.15) is 39.7 Å². The zero-order chi connectivity index (χ0) is 21.8. The van der Waals surface area contributed by atoms with E-state index in [-0.39, 0.29) is 10.7 Å². The molecule has 158 valence electrons. The lowest BCUT2D eigenvalue weighted by Gasteiger charge is -2.34. The van der Waals surface area contributed by atoms with Crippen LogP contribution in [0.4, 0.5) is 13.6 Å². The van der Waals surface area contributed by atoms with E-state index >= 15 is 0 Å². The van der Waals surface area contributed by atoms with Gasteiger partial charge in [0, 0.05) is 16.0 Å². The molecule has 1 aromatic rings. The zero-order valence-corrected chi connectivity index (χ0v) is 19.0. The number of hydrogen-bond acceptors (Lipinski definition) is 6. The number of fused-ring (bicyclic) bond motifs is 1. The van der Waals surface area contributed by atoms with Gasteiger partial charge in [0.25, 0.3) is 0 Å². The molecule has 1 aromatic carbocycles. The van der Waals surface area contributed by atoms with E-state index in [9.17, 15) is 18.4 Å². The molecule has 0 radical (unpaired) electrons. The fourth-order valence-corrected chi connectivity index (χ4v) is 5.48. The second kappa shape index (κ2) is 7.23. The quantitative estimate of drug-likeness (QED) is 0.487. The van der Waals surface area contributed by atoms with Gasteiger partial charge in [-0.1, -0.05) is 27.7 Å². The average Bonchev–Trinajstić information content (AvgIpc) is 3.32. The molecule has 10 heteroatoms. The van der Waals surface area contributed by atoms with E-state index in [1.807, 2.05) is 0 Å². The van der Waals surface area contributed by atoms with Gasteiger partial charge >= 0.3 is 12.1 Å². The van der Waals surface area contributed by atoms with Gasteiger partial charge in [-0.3, -0.25) is 15.1 Å². The standard InChI is InChI=1S/C19H21BrF2N2O4S/c1-17(2,3)28-16(26)23-15-24-18(4,10-6-9(20)7-11(21)13(10)22)12-8-19(12,29-15)14(25)27-5/h6-7,12H,8H2,1-5H3,(H,23,24,26)/t12-,18+,19-/m0/s1. The second-order valence-electron chi connectivity index (χ2n) is 8.18. The SMILES string of the molecule is COC(=O)[C@]12C[C@H]1[C@@](C)(c1cc(Br)cc(F)c1F)N=C(NC(=O)OC(C)(C)C)S2. The van der Waals surface area contributed by atoms with Crippen LogP contribution in [0.25, 0.3) is 0 Å². The molecule has 1 heterocycles. The Balaban J connectivity index is 2.05. The topological polar surface area (TPSA) is 77.0 Å². The zero-order valence-electron chi connectivity index (χ0n) is 16.6. The van der Waals surface area contributed by atoms with E-state index < -0.39 is 45.5 Å². The Morgan fingerprint density at radius 3 is 2.59 bits per heavy atom. The van der Waals surface area contributed by atoms with Crippen molar-refractivity contribution in [2.24, 2.45) is 10.9 Å². The number of benzene rings is 1. The minimum absolute atomic E-state index is 0.0102. The van der Waals surface area contributed by atoms with Crippen LogP contribution in [0.2, 0.25) is 0 Å². The van der Waals surface area contributed by atoms with E-state index in [1.54, 1.807) is 27.7 Å². The molecule has 2 aliphatic rings. The van der Waals surface area contributed by atoms with Gasteiger partial charge in [-0.2, -0.15) is 0 Å². The minimum atomic E-state index is -1.29. The highest BCUT2D eigenvalue weighted by molar-refractivity contribution is 9.10. The number of esters is 1. The summed E-state index contributed by atoms with van der Waals surface area (Å²) < 4.78 is 38.3. The molecule has 3 atom stereocenters. The lowest BCUT2D eigenvalue weighted by Crippen LogP contribution is -2.44. The van der Waals surface area contributed by atoms with Gasteiger partial charge in [0.05, 0.1) is 12.6 Å². The molecule has 1 fully saturated rings. The summed E-state index contributed by atoms with van der Waals surface area (Å²) in [4.78, 5) is 29.3. The maximum atomic E-state index is 14.7. The minimum Gasteiger partial charge on any atom is -0.468 e. The van der Waals surface area contributed by atoms with Crippen LogP contribution in [0.5, 0.6) is 0 Å². The van der Waals surface area contributed by atoms with Gasteiger partial charge in [0.1, 0.15) is 10.3 Å². The summed E-state index contributed by atoms with van der Waals surface area (Å²) in [6.45, 7) is 6.74. The number of carbonyl (C=O) groups excluding carboxylic acids is 2. The van der Waals surface area contributed by atoms with Crippen molar-refractivity contribution < 1.29 is 27.8 Å². The number of halogens is 3. The van der Waals surface area contributed by atoms with Gasteiger partial charge in [0.15, 0.2) is 16.8 Å². The van der Waals surface area contributed by atoms with E-state index in [1.165, 1.54) is 13.2 Å². The molecule has 0 bridgehead atoms. The van der Waals surface area contributed by atoms with E-state index in [0.29, 0.717) is 10.9 Å². The Labute approximate surface area is 179 Å². The van der Waals surface area contributed by atoms with Gasteiger partial charge in [-0.25, -0.2) is 13.6 Å². The molecule has 0 spiro atoms. The van der Waals surface area contributed by atoms with Crippen molar-refractivity contribution in [3.8, 4) is 0 Å². The summed E-state index contributed by atoms with van der Waals surface area (Å²) in [5.74, 6) is -3.02. The molecule has 0 aromatic heterocycles. The average molecular weight is 491 g/mol. The van der Waals surface area contributed by atoms with Gasteiger partial charge in [-0.15, -0.1) is 0 Å². The molecule has 3 rings (SSSR count). The highest BCUT2D eigenvalue weighted by atomic mass is 79.9. The summed E-state index contributed by atoms with van der Waals surface area (Å²) in [7, 11) is 1.26. The molecule has 0 unspecified atom stereocenters. The number of amides is 1. The highest BCUT2D eigenvalue weighted by Crippen LogP contribution is 2.66. The van der Waals surface area contributed by atoms with Crippen molar-refractivity contribution >= 4 is 44.9 Å². The summed E-state index contributed by atoms with van der Waals surface area (Å²) in [5, 5.41) is 2.61. The molecular weight excluding hydrogens is 470 g/mol. The molecule has 29 heavy (non-hydrogen) atoms. The molecule has 1 aliphatic heterocycles. The largest absolute Gasteiger partial charge is 0.468 e. The number of nitrogens with one attached hydrogen (secondary N) is 1. The number of thioether (sulfide) groups is 1. The first-order valence-electron chi connectivity index (χ1n) is 8.85. The Morgan fingerprint density at radius 2 is 2.00 bits per heavy atom. The number of methoxy groups -OCH3 is 1. The fraction of sp³-hybridized carbons (Fsp3) is 0.526. The number of aliphatic imine (C=N–C) groups is 1. The Bertz CT molecular complexity index is 920. The number of ether oxygens (including phenoxy) is 2. The normalized spacial score (nSPS) is 28.1. The maximum absolute atomic E-state index is 14.7. The first-order valence-corrected chi connectivity index (χ1v) is 10.5. The first kappa shape index (κ1) is 22.0. The van der Waals surface area contributed by atoms with Crippen molar-refractivity contribution in [1.29, 1.82) is 0 Å². The Hall–Kier alpha value is -1.68. The van der Waals surface area contributed by atoms with Crippen molar-refractivity contribution in [3.05, 3.63) is 33.8 Å². The van der Waals surface area contributed by atoms with Gasteiger partial charge < -0.3 is 9.47 Å². The molecule has 1 saturated carbocycles. The Kier molecular flexibility index (Phi) is 5.49. The smallest absolute Gasteiger partial charge is 0.413 e. The highest BCUT2D eigenvalue weighted by Gasteiger charge is 2.72. The number of amidine groups is 1. The van der Waals surface area contributed by atoms with Crippen molar-refractivity contribution in [3.63, 3.8) is 0 Å². The van der Waals surface area contributed by atoms with Crippen molar-refractivity contribution in [2.75, 3.05) is 7.11 Å². The number of carbonyl (C=O) groups is 2. The molecule has 6 nitrogen and oxygen atoms in total. The van der Waals surface area contributed by atoms with Crippen LogP contribution < -0.4 is 5.32 Å². The van der Waals surface area contributed by atoms with Crippen LogP contribution >= 0.6 is 27.7 Å². The second-order valence-corrected chi connectivity index (χ2v) is 10.4. The third-order valence-corrected chi connectivity index (χ3v) is 6.70. The monoisotopic (exact) mass is 490 g/mol. The van der Waals surface area contributed by atoms with Gasteiger partial charge in [-0.05, 0) is 46.2 Å². The summed E-state index contributed by atoms with van der Waals surface area (Å²) in [5.41, 5.74) is -2.04. The fourth-order valence-electron chi connectivity index (χ4n) is 3.55. The van der Waals surface area contributed by atoms with Crippen LogP contribution in [0.15, 0.2) is 21.6 Å². The number of rotatable bonds is 2. The van der Waals surface area contributed by atoms with Crippen LogP contribution in [0, 0.1) is 17.6 Å². The predicted molar refractivity (Wildman–Crippen MR) is 109 cm³/mol. The van der Waals surface area contributed by atoms with Crippen molar-refractivity contribution in [2.45, 2.75) is 50.0 Å². The summed E-state index contributed by atoms with van der Waals surface area (Å²) in [6.07, 6.45) is -0.414. The number of nitrogens with zero attached hydrogens (tertiary/aromatic N) is 1. The summed E-state index contributed by atoms with van der Waals surface area (Å²) in [6, 6.07) is 2.45. The lowest BCUT2D eigenvalue weighted by molar-refractivity contribution is -0.141. The Morgan fingerprint density at radius 1 is 1.34 bits per heavy atom. The van der Waals surface area contributed by atoms with Gasteiger partial charge in [0.2, 0.25) is 0 Å². The molecule has 1 amide bonds. The molecule has 1 aliphatic carbocycles. The van der Waals surface area contributed by atoms with Crippen LogP contribution in [-0.4, -0.2) is 34.7 Å². The third-order valence-electron chi connectivity index (χ3n) is 4.88. The first-order chi connectivity index (χ1) is 13.3. The van der Waals surface area contributed by atoms with E-state index in [0.717, 1.165) is 17.8 Å². The van der Waals surface area contributed by atoms with E-state index in [2.05, 4.69) is 26.2 Å². The molecule has 0 saturated heterocycles. The molecule has 1 N–H and O–H groups in total. The molecular formula is C19H21BrF2N2O4S. The number of alkyl carbamates (subject to hydrolysis) is 1. The summed E-state index contributed by atoms with van der Waals surface area (Å²) >= 11 is 4.22. The van der Waals surface area contributed by atoms with E-state index in [4.69, 9.17) is 9.47 Å².